The van der Waals surface area contributed by atoms with Crippen molar-refractivity contribution in [1.82, 2.24) is 13.6 Å². The molecular formula is C12H19N3S2. The third-order valence-corrected chi connectivity index (χ3v) is 4.59. The molecule has 1 unspecified atom stereocenters. The van der Waals surface area contributed by atoms with Crippen LogP contribution in [0.25, 0.3) is 0 Å². The zero-order chi connectivity index (χ0) is 12.1. The first-order valence-electron chi connectivity index (χ1n) is 6.11. The van der Waals surface area contributed by atoms with Gasteiger partial charge >= 0.3 is 0 Å². The van der Waals surface area contributed by atoms with Gasteiger partial charge in [-0.1, -0.05) is 25.5 Å². The van der Waals surface area contributed by atoms with E-state index in [0.29, 0.717) is 5.92 Å². The molecule has 17 heavy (non-hydrogen) atoms. The predicted molar refractivity (Wildman–Crippen MR) is 74.9 cm³/mol. The van der Waals surface area contributed by atoms with Crippen LogP contribution in [0.4, 0.5) is 0 Å². The van der Waals surface area contributed by atoms with Gasteiger partial charge in [0.25, 0.3) is 0 Å². The summed E-state index contributed by atoms with van der Waals surface area (Å²) in [7, 11) is 2.15. The Morgan fingerprint density at radius 2 is 2.41 bits per heavy atom. The van der Waals surface area contributed by atoms with Gasteiger partial charge in [-0.15, -0.1) is 11.8 Å². The second-order valence-electron chi connectivity index (χ2n) is 4.41. The molecule has 0 N–H and O–H groups in total. The van der Waals surface area contributed by atoms with Gasteiger partial charge in [0.15, 0.2) is 0 Å². The third kappa shape index (κ3) is 3.53. The molecule has 0 aliphatic carbocycles. The molecule has 0 radical (unpaired) electrons. The maximum absolute atomic E-state index is 4.48. The molecule has 0 fully saturated rings. The molecule has 2 rings (SSSR count). The fourth-order valence-electron chi connectivity index (χ4n) is 1.88. The van der Waals surface area contributed by atoms with Crippen LogP contribution in [-0.2, 0) is 0 Å². The number of thioether (sulfide) groups is 1. The first-order valence-corrected chi connectivity index (χ1v) is 7.83. The molecule has 3 nitrogen and oxygen atoms in total. The van der Waals surface area contributed by atoms with Crippen molar-refractivity contribution in [3.05, 3.63) is 17.8 Å². The topological polar surface area (TPSA) is 29.0 Å². The van der Waals surface area contributed by atoms with Crippen LogP contribution in [0.1, 0.15) is 31.4 Å². The molecule has 0 amide bonds. The van der Waals surface area contributed by atoms with E-state index >= 15 is 0 Å². The Hall–Kier alpha value is -0.390. The van der Waals surface area contributed by atoms with E-state index in [9.17, 15) is 0 Å². The van der Waals surface area contributed by atoms with Crippen LogP contribution in [-0.4, -0.2) is 39.5 Å². The molecule has 1 aromatic rings. The highest BCUT2D eigenvalue weighted by Gasteiger charge is 2.21. The first-order chi connectivity index (χ1) is 8.31. The fraction of sp³-hybridized carbons (Fsp3) is 0.667. The highest BCUT2D eigenvalue weighted by Crippen LogP contribution is 2.30. The molecule has 1 aromatic heterocycles. The monoisotopic (exact) mass is 269 g/mol. The summed E-state index contributed by atoms with van der Waals surface area (Å²) in [5.41, 5.74) is 1.18. The van der Waals surface area contributed by atoms with Crippen LogP contribution < -0.4 is 0 Å². The average molecular weight is 269 g/mol. The van der Waals surface area contributed by atoms with Crippen LogP contribution in [0.2, 0.25) is 0 Å². The van der Waals surface area contributed by atoms with Gasteiger partial charge in [0, 0.05) is 19.0 Å². The summed E-state index contributed by atoms with van der Waals surface area (Å²) in [6.07, 6.45) is 7.00. The molecule has 1 atom stereocenters. The quantitative estimate of drug-likeness (QED) is 0.467. The normalized spacial score (nSPS) is 20.9. The summed E-state index contributed by atoms with van der Waals surface area (Å²) in [5, 5.41) is 1.15. The lowest BCUT2D eigenvalue weighted by molar-refractivity contribution is 0.342. The minimum absolute atomic E-state index is 0.427. The minimum Gasteiger partial charge on any atom is -0.302 e. The van der Waals surface area contributed by atoms with Crippen molar-refractivity contribution in [2.45, 2.75) is 30.7 Å². The molecule has 1 aliphatic rings. The Bertz CT molecular complexity index is 376. The Morgan fingerprint density at radius 3 is 3.18 bits per heavy atom. The first kappa shape index (κ1) is 13.1. The number of unbranched alkanes of at least 4 members (excludes halogenated alkanes) is 1. The molecule has 0 saturated heterocycles. The summed E-state index contributed by atoms with van der Waals surface area (Å²) in [4.78, 5) is 2.32. The van der Waals surface area contributed by atoms with E-state index in [-0.39, 0.29) is 0 Å². The Morgan fingerprint density at radius 1 is 1.53 bits per heavy atom. The smallest absolute Gasteiger partial charge is 0.134 e. The van der Waals surface area contributed by atoms with Gasteiger partial charge in [0.05, 0.1) is 17.4 Å². The maximum atomic E-state index is 4.48. The maximum Gasteiger partial charge on any atom is 0.134 e. The van der Waals surface area contributed by atoms with Crippen molar-refractivity contribution in [1.29, 1.82) is 0 Å². The summed E-state index contributed by atoms with van der Waals surface area (Å²) in [6, 6.07) is 0. The number of rotatable bonds is 5. The van der Waals surface area contributed by atoms with Gasteiger partial charge in [-0.2, -0.15) is 8.75 Å². The van der Waals surface area contributed by atoms with Crippen LogP contribution in [0.5, 0.6) is 0 Å². The van der Waals surface area contributed by atoms with Crippen LogP contribution in [0.3, 0.4) is 0 Å². The SMILES string of the molecule is CCCCSc1nsnc1C1C=CCN(C)C1. The van der Waals surface area contributed by atoms with E-state index in [1.807, 2.05) is 11.8 Å². The van der Waals surface area contributed by atoms with Crippen LogP contribution >= 0.6 is 23.5 Å². The second-order valence-corrected chi connectivity index (χ2v) is 6.02. The average Bonchev–Trinajstić information content (AvgIpc) is 2.78. The number of aromatic nitrogens is 2. The van der Waals surface area contributed by atoms with Gasteiger partial charge < -0.3 is 4.90 Å². The van der Waals surface area contributed by atoms with Gasteiger partial charge in [-0.25, -0.2) is 0 Å². The highest BCUT2D eigenvalue weighted by atomic mass is 32.2. The highest BCUT2D eigenvalue weighted by molar-refractivity contribution is 7.99. The molecule has 94 valence electrons. The van der Waals surface area contributed by atoms with Crippen molar-refractivity contribution < 1.29 is 0 Å². The molecule has 0 saturated carbocycles. The lowest BCUT2D eigenvalue weighted by atomic mass is 10.0. The minimum atomic E-state index is 0.427. The third-order valence-electron chi connectivity index (χ3n) is 2.86. The lowest BCUT2D eigenvalue weighted by Crippen LogP contribution is -2.27. The zero-order valence-electron chi connectivity index (χ0n) is 10.4. The van der Waals surface area contributed by atoms with Crippen molar-refractivity contribution in [3.63, 3.8) is 0 Å². The molecule has 0 bridgehead atoms. The molecule has 1 aliphatic heterocycles. The van der Waals surface area contributed by atoms with Crippen LogP contribution in [0.15, 0.2) is 17.2 Å². The molecule has 0 spiro atoms. The summed E-state index contributed by atoms with van der Waals surface area (Å²) >= 11 is 3.20. The Kier molecular flexibility index (Phi) is 5.00. The largest absolute Gasteiger partial charge is 0.302 e. The molecule has 2 heterocycles. The van der Waals surface area contributed by atoms with Gasteiger partial charge in [-0.3, -0.25) is 0 Å². The van der Waals surface area contributed by atoms with Crippen LogP contribution in [0, 0.1) is 0 Å². The number of likely N-dealkylation sites (N-methyl/N-ethyl adjacent to an activating group) is 1. The van der Waals surface area contributed by atoms with E-state index in [0.717, 1.165) is 23.9 Å². The van der Waals surface area contributed by atoms with Crippen molar-refractivity contribution in [2.75, 3.05) is 25.9 Å². The van der Waals surface area contributed by atoms with Gasteiger partial charge in [0.1, 0.15) is 5.03 Å². The molecular weight excluding hydrogens is 250 g/mol. The molecule has 0 aromatic carbocycles. The van der Waals surface area contributed by atoms with E-state index in [4.69, 9.17) is 0 Å². The van der Waals surface area contributed by atoms with E-state index < -0.39 is 0 Å². The van der Waals surface area contributed by atoms with Gasteiger partial charge in [-0.05, 0) is 19.2 Å². The van der Waals surface area contributed by atoms with Crippen molar-refractivity contribution in [3.8, 4) is 0 Å². The lowest BCUT2D eigenvalue weighted by Gasteiger charge is -2.24. The summed E-state index contributed by atoms with van der Waals surface area (Å²) in [6.45, 7) is 4.33. The number of hydrogen-bond acceptors (Lipinski definition) is 5. The summed E-state index contributed by atoms with van der Waals surface area (Å²) < 4.78 is 8.91. The number of nitrogens with zero attached hydrogens (tertiary/aromatic N) is 3. The predicted octanol–water partition coefficient (Wildman–Crippen LogP) is 3.02. The van der Waals surface area contributed by atoms with Gasteiger partial charge in [0.2, 0.25) is 0 Å². The Balaban J connectivity index is 2.02. The second kappa shape index (κ2) is 6.52. The van der Waals surface area contributed by atoms with E-state index in [1.54, 1.807) is 0 Å². The number of hydrogen-bond donors (Lipinski definition) is 0. The Labute approximate surface area is 112 Å². The summed E-state index contributed by atoms with van der Waals surface area (Å²) in [5.74, 6) is 1.58. The van der Waals surface area contributed by atoms with Crippen molar-refractivity contribution in [2.24, 2.45) is 0 Å². The zero-order valence-corrected chi connectivity index (χ0v) is 12.1. The fourth-order valence-corrected chi connectivity index (χ4v) is 3.74. The molecule has 5 heteroatoms. The van der Waals surface area contributed by atoms with E-state index in [1.165, 1.54) is 30.3 Å². The standard InChI is InChI=1S/C12H19N3S2/c1-3-4-8-16-12-11(13-17-14-12)10-6-5-7-15(2)9-10/h5-6,10H,3-4,7-9H2,1-2H3. The van der Waals surface area contributed by atoms with E-state index in [2.05, 4.69) is 39.8 Å². The van der Waals surface area contributed by atoms with Crippen molar-refractivity contribution >= 4 is 23.5 Å².